The number of nitrogens with one attached hydrogen (secondary N) is 1. The van der Waals surface area contributed by atoms with Crippen molar-refractivity contribution in [3.05, 3.63) is 47.5 Å². The Morgan fingerprint density at radius 1 is 1.11 bits per heavy atom. The van der Waals surface area contributed by atoms with Crippen molar-refractivity contribution in [2.45, 2.75) is 12.5 Å². The number of rotatable bonds is 1. The predicted molar refractivity (Wildman–Crippen MR) is 60.6 cm³/mol. The van der Waals surface area contributed by atoms with E-state index in [1.807, 2.05) is 12.2 Å². The van der Waals surface area contributed by atoms with Crippen molar-refractivity contribution in [3.63, 3.8) is 0 Å². The number of benzene rings is 1. The van der Waals surface area contributed by atoms with Crippen molar-refractivity contribution < 1.29 is 17.6 Å². The quantitative estimate of drug-likeness (QED) is 0.622. The molecule has 0 fully saturated rings. The van der Waals surface area contributed by atoms with Gasteiger partial charge in [0.1, 0.15) is 5.58 Å². The van der Waals surface area contributed by atoms with Crippen LogP contribution in [0.15, 0.2) is 28.9 Å². The number of halogens is 3. The summed E-state index contributed by atoms with van der Waals surface area (Å²) in [5, 5.41) is 3.00. The number of furan rings is 1. The summed E-state index contributed by atoms with van der Waals surface area (Å²) in [6, 6.07) is 0.897. The number of fused-ring (bicyclic) bond motifs is 1. The Morgan fingerprint density at radius 3 is 2.67 bits per heavy atom. The van der Waals surface area contributed by atoms with Gasteiger partial charge in [-0.05, 0) is 12.5 Å². The molecule has 1 atom stereocenters. The van der Waals surface area contributed by atoms with E-state index in [9.17, 15) is 13.2 Å². The molecule has 1 aliphatic rings. The highest BCUT2D eigenvalue weighted by Crippen LogP contribution is 2.34. The minimum absolute atomic E-state index is 0.0275. The fourth-order valence-corrected chi connectivity index (χ4v) is 2.26. The lowest BCUT2D eigenvalue weighted by Crippen LogP contribution is -2.25. The second-order valence-electron chi connectivity index (χ2n) is 4.19. The smallest absolute Gasteiger partial charge is 0.195 e. The summed E-state index contributed by atoms with van der Waals surface area (Å²) in [5.41, 5.74) is 0.123. The van der Waals surface area contributed by atoms with Gasteiger partial charge in [0.25, 0.3) is 0 Å². The first-order chi connectivity index (χ1) is 8.70. The molecule has 0 aliphatic carbocycles. The molecule has 0 saturated carbocycles. The molecule has 0 radical (unpaired) electrons. The van der Waals surface area contributed by atoms with E-state index >= 15 is 0 Å². The number of hydrogen-bond donors (Lipinski definition) is 1. The molecule has 1 aliphatic heterocycles. The van der Waals surface area contributed by atoms with Crippen LogP contribution in [0, 0.1) is 17.5 Å². The van der Waals surface area contributed by atoms with Crippen molar-refractivity contribution in [2.75, 3.05) is 6.54 Å². The molecule has 5 heteroatoms. The van der Waals surface area contributed by atoms with Gasteiger partial charge < -0.3 is 9.73 Å². The Balaban J connectivity index is 2.27. The van der Waals surface area contributed by atoms with Crippen LogP contribution in [0.4, 0.5) is 13.2 Å². The Hall–Kier alpha value is -1.75. The monoisotopic (exact) mass is 253 g/mol. The van der Waals surface area contributed by atoms with Crippen molar-refractivity contribution in [3.8, 4) is 0 Å². The molecule has 2 aromatic rings. The minimum atomic E-state index is -1.45. The van der Waals surface area contributed by atoms with Crippen LogP contribution in [-0.4, -0.2) is 6.54 Å². The van der Waals surface area contributed by atoms with Crippen LogP contribution in [0.3, 0.4) is 0 Å². The van der Waals surface area contributed by atoms with Gasteiger partial charge in [-0.1, -0.05) is 12.2 Å². The third kappa shape index (κ3) is 1.54. The molecule has 0 amide bonds. The molecule has 1 unspecified atom stereocenters. The summed E-state index contributed by atoms with van der Waals surface area (Å²) in [4.78, 5) is 0. The van der Waals surface area contributed by atoms with E-state index in [4.69, 9.17) is 4.42 Å². The van der Waals surface area contributed by atoms with E-state index in [2.05, 4.69) is 5.32 Å². The van der Waals surface area contributed by atoms with Crippen LogP contribution in [0.2, 0.25) is 0 Å². The lowest BCUT2D eigenvalue weighted by atomic mass is 9.98. The highest BCUT2D eigenvalue weighted by Gasteiger charge is 2.27. The molecular weight excluding hydrogens is 243 g/mol. The maximum atomic E-state index is 13.9. The van der Waals surface area contributed by atoms with E-state index in [-0.39, 0.29) is 16.5 Å². The predicted octanol–water partition coefficient (Wildman–Crippen LogP) is 3.44. The zero-order valence-corrected chi connectivity index (χ0v) is 9.34. The third-order valence-electron chi connectivity index (χ3n) is 3.14. The molecule has 0 spiro atoms. The van der Waals surface area contributed by atoms with Gasteiger partial charge in [0, 0.05) is 12.6 Å². The van der Waals surface area contributed by atoms with Crippen molar-refractivity contribution in [2.24, 2.45) is 0 Å². The summed E-state index contributed by atoms with van der Waals surface area (Å²) < 4.78 is 46.1. The zero-order chi connectivity index (χ0) is 12.7. The molecule has 1 aromatic carbocycles. The van der Waals surface area contributed by atoms with Gasteiger partial charge in [0.2, 0.25) is 0 Å². The van der Waals surface area contributed by atoms with Gasteiger partial charge >= 0.3 is 0 Å². The zero-order valence-electron chi connectivity index (χ0n) is 9.34. The topological polar surface area (TPSA) is 25.2 Å². The van der Waals surface area contributed by atoms with Crippen LogP contribution >= 0.6 is 0 Å². The Labute approximate surface area is 101 Å². The van der Waals surface area contributed by atoms with E-state index < -0.39 is 23.5 Å². The third-order valence-corrected chi connectivity index (χ3v) is 3.14. The van der Waals surface area contributed by atoms with E-state index in [0.717, 1.165) is 0 Å². The Kier molecular flexibility index (Phi) is 2.63. The largest absolute Gasteiger partial charge is 0.464 e. The Morgan fingerprint density at radius 2 is 1.94 bits per heavy atom. The molecular formula is C13H10F3NO. The fourth-order valence-electron chi connectivity index (χ4n) is 2.26. The van der Waals surface area contributed by atoms with Crippen molar-refractivity contribution in [1.29, 1.82) is 0 Å². The van der Waals surface area contributed by atoms with Crippen molar-refractivity contribution >= 4 is 11.0 Å². The normalized spacial score (nSPS) is 19.6. The van der Waals surface area contributed by atoms with Crippen molar-refractivity contribution in [1.82, 2.24) is 5.32 Å². The summed E-state index contributed by atoms with van der Waals surface area (Å²) in [6.45, 7) is 0.561. The minimum Gasteiger partial charge on any atom is -0.464 e. The molecule has 0 bridgehead atoms. The van der Waals surface area contributed by atoms with E-state index in [1.165, 1.54) is 12.3 Å². The first kappa shape index (κ1) is 11.3. The maximum absolute atomic E-state index is 13.9. The highest BCUT2D eigenvalue weighted by molar-refractivity contribution is 5.82. The van der Waals surface area contributed by atoms with Crippen LogP contribution in [0.25, 0.3) is 11.0 Å². The molecule has 18 heavy (non-hydrogen) atoms. The second-order valence-corrected chi connectivity index (χ2v) is 4.19. The average Bonchev–Trinajstić information content (AvgIpc) is 2.87. The molecule has 94 valence electrons. The molecule has 0 saturated heterocycles. The van der Waals surface area contributed by atoms with Crippen LogP contribution in [-0.2, 0) is 0 Å². The molecule has 2 heterocycles. The lowest BCUT2D eigenvalue weighted by molar-refractivity contribution is 0.427. The van der Waals surface area contributed by atoms with Gasteiger partial charge in [-0.25, -0.2) is 13.2 Å². The summed E-state index contributed by atoms with van der Waals surface area (Å²) in [7, 11) is 0. The second kappa shape index (κ2) is 4.17. The maximum Gasteiger partial charge on any atom is 0.195 e. The van der Waals surface area contributed by atoms with Crippen LogP contribution in [0.5, 0.6) is 0 Å². The van der Waals surface area contributed by atoms with Gasteiger partial charge in [0.05, 0.1) is 17.2 Å². The van der Waals surface area contributed by atoms with E-state index in [0.29, 0.717) is 13.0 Å². The molecule has 3 rings (SSSR count). The summed E-state index contributed by atoms with van der Waals surface area (Å²) in [6.07, 6.45) is 5.51. The van der Waals surface area contributed by atoms with Crippen LogP contribution in [0.1, 0.15) is 18.0 Å². The average molecular weight is 253 g/mol. The fraction of sp³-hybridized carbons (Fsp3) is 0.231. The summed E-state index contributed by atoms with van der Waals surface area (Å²) >= 11 is 0. The Bertz CT molecular complexity index is 633. The molecule has 1 aromatic heterocycles. The first-order valence-electron chi connectivity index (χ1n) is 5.62. The lowest BCUT2D eigenvalue weighted by Gasteiger charge is -2.21. The number of hydrogen-bond acceptors (Lipinski definition) is 2. The SMILES string of the molecule is Fc1c(F)c(C2CC=CCN2)c2occc2c1F. The molecule has 2 nitrogen and oxygen atoms in total. The van der Waals surface area contributed by atoms with Crippen LogP contribution < -0.4 is 5.32 Å². The first-order valence-corrected chi connectivity index (χ1v) is 5.62. The molecule has 1 N–H and O–H groups in total. The van der Waals surface area contributed by atoms with Gasteiger partial charge in [-0.2, -0.15) is 0 Å². The van der Waals surface area contributed by atoms with Gasteiger partial charge in [-0.15, -0.1) is 0 Å². The van der Waals surface area contributed by atoms with Gasteiger partial charge in [-0.3, -0.25) is 0 Å². The van der Waals surface area contributed by atoms with E-state index in [1.54, 1.807) is 0 Å². The van der Waals surface area contributed by atoms with Gasteiger partial charge in [0.15, 0.2) is 17.5 Å². The highest BCUT2D eigenvalue weighted by atomic mass is 19.2. The standard InChI is InChI=1S/C13H10F3NO/c14-10-7-4-6-18-13(7)9(11(15)12(10)16)8-3-1-2-5-17-8/h1-2,4,6,8,17H,3,5H2. The summed E-state index contributed by atoms with van der Waals surface area (Å²) in [5.74, 6) is -3.83.